The molecule has 0 spiro atoms. The van der Waals surface area contributed by atoms with Gasteiger partial charge in [-0.05, 0) is 26.8 Å². The Morgan fingerprint density at radius 2 is 2.12 bits per heavy atom. The molecule has 0 aromatic heterocycles. The lowest BCUT2D eigenvalue weighted by Gasteiger charge is -2.23. The summed E-state index contributed by atoms with van der Waals surface area (Å²) in [6.45, 7) is 11.8. The van der Waals surface area contributed by atoms with Crippen LogP contribution in [-0.4, -0.2) is 30.2 Å². The second kappa shape index (κ2) is 6.45. The normalized spacial score (nSPS) is 11.8. The molecule has 0 aliphatic carbocycles. The first-order chi connectivity index (χ1) is 7.34. The molecule has 0 aromatic carbocycles. The van der Waals surface area contributed by atoms with E-state index < -0.39 is 0 Å². The van der Waals surface area contributed by atoms with Crippen molar-refractivity contribution in [3.63, 3.8) is 0 Å². The summed E-state index contributed by atoms with van der Waals surface area (Å²) in [6, 6.07) is 0. The van der Waals surface area contributed by atoms with Gasteiger partial charge in [0.15, 0.2) is 0 Å². The van der Waals surface area contributed by atoms with Crippen molar-refractivity contribution in [3.05, 3.63) is 24.4 Å². The summed E-state index contributed by atoms with van der Waals surface area (Å²) >= 11 is 0. The highest BCUT2D eigenvalue weighted by atomic mass is 16.5. The van der Waals surface area contributed by atoms with Crippen LogP contribution in [-0.2, 0) is 9.53 Å². The van der Waals surface area contributed by atoms with Gasteiger partial charge in [-0.1, -0.05) is 12.7 Å². The Morgan fingerprint density at radius 1 is 1.56 bits per heavy atom. The number of allylic oxidation sites excluding steroid dienone is 1. The number of nitrogens with zero attached hydrogens (tertiary/aromatic N) is 1. The van der Waals surface area contributed by atoms with E-state index in [0.717, 1.165) is 0 Å². The van der Waals surface area contributed by atoms with E-state index in [1.807, 2.05) is 26.8 Å². The maximum absolute atomic E-state index is 11.2. The molecular formula is C12H22N2O2. The number of rotatable bonds is 6. The minimum Gasteiger partial charge on any atom is -0.372 e. The van der Waals surface area contributed by atoms with Crippen molar-refractivity contribution in [2.24, 2.45) is 0 Å². The molecule has 4 heteroatoms. The molecular weight excluding hydrogens is 204 g/mol. The zero-order valence-electron chi connectivity index (χ0n) is 10.8. The van der Waals surface area contributed by atoms with Gasteiger partial charge < -0.3 is 4.74 Å². The second-order valence-corrected chi connectivity index (χ2v) is 3.94. The summed E-state index contributed by atoms with van der Waals surface area (Å²) in [5, 5.41) is 1.37. The van der Waals surface area contributed by atoms with E-state index in [-0.39, 0.29) is 11.5 Å². The fraction of sp³-hybridized carbons (Fsp3) is 0.583. The number of hydrogen-bond donors (Lipinski definition) is 1. The summed E-state index contributed by atoms with van der Waals surface area (Å²) in [5.41, 5.74) is 2.99. The van der Waals surface area contributed by atoms with Gasteiger partial charge in [-0.2, -0.15) is 0 Å². The van der Waals surface area contributed by atoms with Gasteiger partial charge in [0.2, 0.25) is 5.91 Å². The molecule has 0 radical (unpaired) electrons. The SMILES string of the molecule is C=C(/C=C\C(C)(C)OCC)N(NC)C(C)=O. The topological polar surface area (TPSA) is 41.6 Å². The van der Waals surface area contributed by atoms with Crippen LogP contribution in [0.15, 0.2) is 24.4 Å². The van der Waals surface area contributed by atoms with Crippen molar-refractivity contribution < 1.29 is 9.53 Å². The van der Waals surface area contributed by atoms with Gasteiger partial charge in [-0.15, -0.1) is 0 Å². The summed E-state index contributed by atoms with van der Waals surface area (Å²) in [7, 11) is 1.67. The van der Waals surface area contributed by atoms with Gasteiger partial charge in [0.05, 0.1) is 11.3 Å². The largest absolute Gasteiger partial charge is 0.372 e. The van der Waals surface area contributed by atoms with Gasteiger partial charge in [0, 0.05) is 20.6 Å². The van der Waals surface area contributed by atoms with E-state index in [1.165, 1.54) is 11.9 Å². The lowest BCUT2D eigenvalue weighted by atomic mass is 10.1. The number of hydrazine groups is 1. The van der Waals surface area contributed by atoms with Crippen LogP contribution in [0.1, 0.15) is 27.7 Å². The number of nitrogens with one attached hydrogen (secondary N) is 1. The number of ether oxygens (including phenoxy) is 1. The van der Waals surface area contributed by atoms with E-state index in [9.17, 15) is 4.79 Å². The van der Waals surface area contributed by atoms with Crippen LogP contribution >= 0.6 is 0 Å². The zero-order chi connectivity index (χ0) is 12.8. The standard InChI is InChI=1S/C12H22N2O2/c1-7-16-12(4,5)9-8-10(2)14(13-6)11(3)15/h8-9,13H,2,7H2,1,3-6H3/b9-8-. The summed E-state index contributed by atoms with van der Waals surface area (Å²) in [4.78, 5) is 11.2. The number of carbonyl (C=O) groups excluding carboxylic acids is 1. The first kappa shape index (κ1) is 14.9. The summed E-state index contributed by atoms with van der Waals surface area (Å²) in [5.74, 6) is -0.105. The van der Waals surface area contributed by atoms with E-state index in [1.54, 1.807) is 13.1 Å². The highest BCUT2D eigenvalue weighted by molar-refractivity contribution is 5.75. The first-order valence-electron chi connectivity index (χ1n) is 5.34. The summed E-state index contributed by atoms with van der Waals surface area (Å²) in [6.07, 6.45) is 3.65. The molecule has 92 valence electrons. The molecule has 0 aliphatic rings. The predicted molar refractivity (Wildman–Crippen MR) is 65.6 cm³/mol. The van der Waals surface area contributed by atoms with Crippen molar-refractivity contribution in [2.45, 2.75) is 33.3 Å². The molecule has 0 rings (SSSR count). The monoisotopic (exact) mass is 226 g/mol. The fourth-order valence-electron chi connectivity index (χ4n) is 1.29. The molecule has 0 atom stereocenters. The molecule has 0 aliphatic heterocycles. The molecule has 1 amide bonds. The van der Waals surface area contributed by atoms with Gasteiger partial charge >= 0.3 is 0 Å². The first-order valence-corrected chi connectivity index (χ1v) is 5.34. The maximum Gasteiger partial charge on any atom is 0.238 e. The van der Waals surface area contributed by atoms with Crippen LogP contribution < -0.4 is 5.43 Å². The van der Waals surface area contributed by atoms with Crippen LogP contribution in [0.5, 0.6) is 0 Å². The van der Waals surface area contributed by atoms with Gasteiger partial charge in [0.1, 0.15) is 0 Å². The van der Waals surface area contributed by atoms with E-state index in [2.05, 4.69) is 12.0 Å². The lowest BCUT2D eigenvalue weighted by Crippen LogP contribution is -2.37. The highest BCUT2D eigenvalue weighted by Crippen LogP contribution is 2.12. The quantitative estimate of drug-likeness (QED) is 0.555. The number of amides is 1. The lowest BCUT2D eigenvalue weighted by molar-refractivity contribution is -0.128. The fourth-order valence-corrected chi connectivity index (χ4v) is 1.29. The van der Waals surface area contributed by atoms with Gasteiger partial charge in [0.25, 0.3) is 0 Å². The predicted octanol–water partition coefficient (Wildman–Crippen LogP) is 1.85. The molecule has 0 fully saturated rings. The van der Waals surface area contributed by atoms with Crippen molar-refractivity contribution in [1.82, 2.24) is 10.4 Å². The third-order valence-electron chi connectivity index (χ3n) is 2.02. The number of hydrogen-bond acceptors (Lipinski definition) is 3. The third-order valence-corrected chi connectivity index (χ3v) is 2.02. The average Bonchev–Trinajstić information content (AvgIpc) is 2.15. The van der Waals surface area contributed by atoms with E-state index in [0.29, 0.717) is 12.3 Å². The van der Waals surface area contributed by atoms with Crippen LogP contribution in [0.2, 0.25) is 0 Å². The smallest absolute Gasteiger partial charge is 0.238 e. The van der Waals surface area contributed by atoms with Crippen LogP contribution in [0.25, 0.3) is 0 Å². The van der Waals surface area contributed by atoms with Crippen LogP contribution in [0.3, 0.4) is 0 Å². The average molecular weight is 226 g/mol. The molecule has 0 saturated heterocycles. The Bertz CT molecular complexity index is 283. The summed E-state index contributed by atoms with van der Waals surface area (Å²) < 4.78 is 5.50. The van der Waals surface area contributed by atoms with Crippen molar-refractivity contribution in [1.29, 1.82) is 0 Å². The minimum atomic E-state index is -0.353. The van der Waals surface area contributed by atoms with Gasteiger partial charge in [-0.3, -0.25) is 4.79 Å². The second-order valence-electron chi connectivity index (χ2n) is 3.94. The third kappa shape index (κ3) is 5.09. The molecule has 4 nitrogen and oxygen atoms in total. The Kier molecular flexibility index (Phi) is 6.00. The van der Waals surface area contributed by atoms with E-state index in [4.69, 9.17) is 4.74 Å². The number of carbonyl (C=O) groups is 1. The van der Waals surface area contributed by atoms with Crippen molar-refractivity contribution in [2.75, 3.05) is 13.7 Å². The zero-order valence-corrected chi connectivity index (χ0v) is 10.8. The Hall–Kier alpha value is -1.13. The molecule has 0 heterocycles. The Balaban J connectivity index is 4.54. The molecule has 0 unspecified atom stereocenters. The van der Waals surface area contributed by atoms with Crippen molar-refractivity contribution >= 4 is 5.91 Å². The van der Waals surface area contributed by atoms with Crippen molar-refractivity contribution in [3.8, 4) is 0 Å². The Morgan fingerprint density at radius 3 is 2.50 bits per heavy atom. The molecule has 0 aromatic rings. The molecule has 0 bridgehead atoms. The Labute approximate surface area is 97.9 Å². The molecule has 0 saturated carbocycles. The van der Waals surface area contributed by atoms with E-state index >= 15 is 0 Å². The van der Waals surface area contributed by atoms with Gasteiger partial charge in [-0.25, -0.2) is 10.4 Å². The maximum atomic E-state index is 11.2. The molecule has 1 N–H and O–H groups in total. The highest BCUT2D eigenvalue weighted by Gasteiger charge is 2.14. The minimum absolute atomic E-state index is 0.105. The van der Waals surface area contributed by atoms with Crippen LogP contribution in [0, 0.1) is 0 Å². The van der Waals surface area contributed by atoms with Crippen LogP contribution in [0.4, 0.5) is 0 Å². The molecule has 16 heavy (non-hydrogen) atoms.